The van der Waals surface area contributed by atoms with Crippen LogP contribution in [0.3, 0.4) is 0 Å². The van der Waals surface area contributed by atoms with Gasteiger partial charge in [0.15, 0.2) is 0 Å². The lowest BCUT2D eigenvalue weighted by atomic mass is 10.1. The number of carbonyl (C=O) groups is 1. The van der Waals surface area contributed by atoms with Crippen LogP contribution in [0, 0.1) is 0 Å². The van der Waals surface area contributed by atoms with Crippen LogP contribution in [0.25, 0.3) is 16.6 Å². The zero-order chi connectivity index (χ0) is 21.2. The van der Waals surface area contributed by atoms with Crippen molar-refractivity contribution in [2.75, 3.05) is 24.7 Å². The predicted octanol–water partition coefficient (Wildman–Crippen LogP) is 4.77. The van der Waals surface area contributed by atoms with Crippen LogP contribution in [0.1, 0.15) is 37.1 Å². The first-order valence-electron chi connectivity index (χ1n) is 11.1. The Bertz CT molecular complexity index is 1130. The molecule has 31 heavy (non-hydrogen) atoms. The van der Waals surface area contributed by atoms with Crippen molar-refractivity contribution in [2.24, 2.45) is 0 Å². The topological polar surface area (TPSA) is 41.4 Å². The van der Waals surface area contributed by atoms with Crippen molar-refractivity contribution in [2.45, 2.75) is 38.8 Å². The minimum absolute atomic E-state index is 0.0236. The van der Waals surface area contributed by atoms with E-state index in [1.807, 2.05) is 59.6 Å². The number of unbranched alkanes of at least 4 members (excludes halogenated alkanes) is 1. The third kappa shape index (κ3) is 3.71. The fourth-order valence-corrected chi connectivity index (χ4v) is 4.64. The summed E-state index contributed by atoms with van der Waals surface area (Å²) in [4.78, 5) is 22.4. The van der Waals surface area contributed by atoms with E-state index in [9.17, 15) is 9.18 Å². The van der Waals surface area contributed by atoms with Gasteiger partial charge < -0.3 is 14.4 Å². The van der Waals surface area contributed by atoms with Gasteiger partial charge in [0, 0.05) is 31.4 Å². The number of likely N-dealkylation sites (tertiary alicyclic amines) is 1. The van der Waals surface area contributed by atoms with Gasteiger partial charge in [-0.15, -0.1) is 0 Å². The highest BCUT2D eigenvalue weighted by atomic mass is 19.1. The number of rotatable bonds is 7. The lowest BCUT2D eigenvalue weighted by molar-refractivity contribution is -0.113. The first kappa shape index (κ1) is 19.8. The number of nitrogens with zero attached hydrogens (tertiary/aromatic N) is 4. The minimum Gasteiger partial charge on any atom is -0.377 e. The van der Waals surface area contributed by atoms with E-state index in [-0.39, 0.29) is 12.6 Å². The van der Waals surface area contributed by atoms with Crippen molar-refractivity contribution in [1.29, 1.82) is 0 Å². The van der Waals surface area contributed by atoms with Crippen LogP contribution in [-0.4, -0.2) is 40.1 Å². The van der Waals surface area contributed by atoms with Crippen molar-refractivity contribution in [3.05, 3.63) is 66.1 Å². The molecule has 6 heteroatoms. The minimum atomic E-state index is -0.315. The van der Waals surface area contributed by atoms with Crippen LogP contribution in [0.2, 0.25) is 0 Å². The Morgan fingerprint density at radius 3 is 2.61 bits per heavy atom. The first-order valence-corrected chi connectivity index (χ1v) is 11.1. The van der Waals surface area contributed by atoms with Crippen LogP contribution in [0.15, 0.2) is 54.7 Å². The summed E-state index contributed by atoms with van der Waals surface area (Å²) >= 11 is 0. The van der Waals surface area contributed by atoms with Crippen molar-refractivity contribution in [1.82, 2.24) is 14.5 Å². The van der Waals surface area contributed by atoms with Crippen molar-refractivity contribution in [3.63, 3.8) is 0 Å². The molecule has 3 aromatic rings. The quantitative estimate of drug-likeness (QED) is 0.410. The average molecular weight is 419 g/mol. The van der Waals surface area contributed by atoms with Gasteiger partial charge in [-0.3, -0.25) is 9.18 Å². The Labute approximate surface area is 181 Å². The highest BCUT2D eigenvalue weighted by Gasteiger charge is 2.34. The summed E-state index contributed by atoms with van der Waals surface area (Å²) in [6, 6.07) is 16.0. The fraction of sp³-hybridized carbons (Fsp3) is 0.360. The largest absolute Gasteiger partial charge is 0.377 e. The molecule has 0 atom stereocenters. The molecule has 1 aromatic heterocycles. The third-order valence-corrected chi connectivity index (χ3v) is 6.21. The second kappa shape index (κ2) is 8.53. The van der Waals surface area contributed by atoms with E-state index in [1.165, 1.54) is 12.8 Å². The molecule has 0 N–H and O–H groups in total. The number of fused-ring (bicyclic) bond motifs is 2. The lowest BCUT2D eigenvalue weighted by Crippen LogP contribution is -2.28. The molecule has 160 valence electrons. The van der Waals surface area contributed by atoms with Crippen molar-refractivity contribution < 1.29 is 9.18 Å². The number of benzene rings is 2. The lowest BCUT2D eigenvalue weighted by Gasteiger charge is -2.18. The van der Waals surface area contributed by atoms with Crippen LogP contribution >= 0.6 is 0 Å². The molecule has 1 fully saturated rings. The molecule has 0 spiro atoms. The number of amides is 1. The molecule has 5 nitrogen and oxygen atoms in total. The first-order chi connectivity index (χ1) is 15.3. The molecule has 3 heterocycles. The van der Waals surface area contributed by atoms with Gasteiger partial charge in [0.25, 0.3) is 5.91 Å². The molecular weight excluding hydrogens is 391 g/mol. The number of hydrogen-bond donors (Lipinski definition) is 0. The van der Waals surface area contributed by atoms with Gasteiger partial charge in [0.2, 0.25) is 0 Å². The molecule has 1 amide bonds. The summed E-state index contributed by atoms with van der Waals surface area (Å²) < 4.78 is 14.8. The van der Waals surface area contributed by atoms with Crippen molar-refractivity contribution in [3.8, 4) is 0 Å². The predicted molar refractivity (Wildman–Crippen MR) is 121 cm³/mol. The summed E-state index contributed by atoms with van der Waals surface area (Å²) in [5.74, 6) is 0.862. The molecule has 2 aromatic carbocycles. The van der Waals surface area contributed by atoms with Gasteiger partial charge in [0.05, 0.1) is 35.5 Å². The molecule has 2 aliphatic rings. The molecule has 0 bridgehead atoms. The molecule has 0 radical (unpaired) electrons. The van der Waals surface area contributed by atoms with Crippen LogP contribution < -0.4 is 4.90 Å². The van der Waals surface area contributed by atoms with Gasteiger partial charge in [-0.25, -0.2) is 4.98 Å². The maximum absolute atomic E-state index is 13.5. The summed E-state index contributed by atoms with van der Waals surface area (Å²) in [5, 5.41) is 0. The van der Waals surface area contributed by atoms with E-state index in [2.05, 4.69) is 9.47 Å². The SMILES string of the molecule is O=C1C(=CN2CCCC2)c2ccccc2N1Cc1nc2ccccc2n1CCCCF. The second-order valence-corrected chi connectivity index (χ2v) is 8.26. The van der Waals surface area contributed by atoms with Gasteiger partial charge in [-0.2, -0.15) is 0 Å². The Morgan fingerprint density at radius 2 is 1.77 bits per heavy atom. The number of aromatic nitrogens is 2. The maximum Gasteiger partial charge on any atom is 0.260 e. The van der Waals surface area contributed by atoms with E-state index in [1.54, 1.807) is 0 Å². The number of anilines is 1. The Hall–Kier alpha value is -3.15. The highest BCUT2D eigenvalue weighted by molar-refractivity contribution is 6.32. The van der Waals surface area contributed by atoms with Gasteiger partial charge >= 0.3 is 0 Å². The fourth-order valence-electron chi connectivity index (χ4n) is 4.64. The van der Waals surface area contributed by atoms with Gasteiger partial charge in [-0.05, 0) is 43.9 Å². The zero-order valence-electron chi connectivity index (χ0n) is 17.6. The number of aryl methyl sites for hydroxylation is 1. The number of imidazole rings is 1. The summed E-state index contributed by atoms with van der Waals surface area (Å²) in [7, 11) is 0. The monoisotopic (exact) mass is 418 g/mol. The van der Waals surface area contributed by atoms with Crippen LogP contribution in [-0.2, 0) is 17.9 Å². The number of carbonyl (C=O) groups excluding carboxylic acids is 1. The molecule has 0 aliphatic carbocycles. The second-order valence-electron chi connectivity index (χ2n) is 8.26. The summed E-state index contributed by atoms with van der Waals surface area (Å²) in [6.07, 6.45) is 5.66. The van der Waals surface area contributed by atoms with Gasteiger partial charge in [0.1, 0.15) is 5.82 Å². The smallest absolute Gasteiger partial charge is 0.260 e. The number of halogens is 1. The third-order valence-electron chi connectivity index (χ3n) is 6.21. The number of para-hydroxylation sites is 3. The Balaban J connectivity index is 1.50. The molecule has 1 saturated heterocycles. The standard InChI is InChI=1S/C25H27FN4O/c26-13-5-6-16-29-23-12-4-2-10-21(23)27-24(29)18-30-22-11-3-1-9-19(22)20(25(30)31)17-28-14-7-8-15-28/h1-4,9-12,17H,5-8,13-16,18H2. The van der Waals surface area contributed by atoms with Crippen LogP contribution in [0.5, 0.6) is 0 Å². The number of hydrogen-bond acceptors (Lipinski definition) is 3. The molecular formula is C25H27FN4O. The zero-order valence-corrected chi connectivity index (χ0v) is 17.6. The van der Waals surface area contributed by atoms with E-state index < -0.39 is 0 Å². The van der Waals surface area contributed by atoms with Gasteiger partial charge in [-0.1, -0.05) is 30.3 Å². The number of alkyl halides is 1. The van der Waals surface area contributed by atoms with E-state index in [4.69, 9.17) is 4.98 Å². The highest BCUT2D eigenvalue weighted by Crippen LogP contribution is 2.38. The Morgan fingerprint density at radius 1 is 1.00 bits per heavy atom. The molecule has 2 aliphatic heterocycles. The molecule has 5 rings (SSSR count). The summed E-state index contributed by atoms with van der Waals surface area (Å²) in [6.45, 7) is 2.79. The normalized spacial score (nSPS) is 17.3. The maximum atomic E-state index is 13.5. The Kier molecular flexibility index (Phi) is 5.45. The van der Waals surface area contributed by atoms with Crippen molar-refractivity contribution >= 4 is 28.2 Å². The molecule has 0 unspecified atom stereocenters. The van der Waals surface area contributed by atoms with Crippen LogP contribution in [0.4, 0.5) is 10.1 Å². The van der Waals surface area contributed by atoms with E-state index in [0.717, 1.165) is 53.2 Å². The average Bonchev–Trinajstić information content (AvgIpc) is 3.49. The van der Waals surface area contributed by atoms with E-state index in [0.29, 0.717) is 19.5 Å². The molecule has 0 saturated carbocycles. The van der Waals surface area contributed by atoms with E-state index >= 15 is 0 Å². The summed E-state index contributed by atoms with van der Waals surface area (Å²) in [5.41, 5.74) is 4.62.